The van der Waals surface area contributed by atoms with Gasteiger partial charge in [-0.15, -0.1) is 10.2 Å². The summed E-state index contributed by atoms with van der Waals surface area (Å²) >= 11 is 1.42. The van der Waals surface area contributed by atoms with E-state index in [1.807, 2.05) is 18.5 Å². The molecule has 2 heterocycles. The molecule has 24 heavy (non-hydrogen) atoms. The Morgan fingerprint density at radius 1 is 1.42 bits per heavy atom. The minimum Gasteiger partial charge on any atom is -0.370 e. The molecular formula is C17H23N5OS. The third-order valence-corrected chi connectivity index (χ3v) is 5.36. The van der Waals surface area contributed by atoms with Gasteiger partial charge in [0.25, 0.3) is 0 Å². The molecule has 1 unspecified atom stereocenters. The standard InChI is InChI=1S/C17H23N5OS/c1-13(24-17-20-19-12-21(17)2)16(23)18-9-11-22-10-5-7-14-6-3-4-8-15(14)22/h3-4,6,8,12-13H,5,7,9-11H2,1-2H3,(H,18,23). The number of hydrogen-bond donors (Lipinski definition) is 1. The zero-order valence-electron chi connectivity index (χ0n) is 14.1. The van der Waals surface area contributed by atoms with E-state index in [-0.39, 0.29) is 11.2 Å². The topological polar surface area (TPSA) is 63.1 Å². The third kappa shape index (κ3) is 3.90. The Hall–Kier alpha value is -2.02. The fourth-order valence-electron chi connectivity index (χ4n) is 2.89. The molecule has 0 saturated heterocycles. The predicted molar refractivity (Wildman–Crippen MR) is 96.3 cm³/mol. The first-order chi connectivity index (χ1) is 11.6. The van der Waals surface area contributed by atoms with E-state index in [0.717, 1.165) is 24.7 Å². The van der Waals surface area contributed by atoms with Gasteiger partial charge in [0.2, 0.25) is 5.91 Å². The number of thioether (sulfide) groups is 1. The molecule has 3 rings (SSSR count). The van der Waals surface area contributed by atoms with Crippen LogP contribution in [0.25, 0.3) is 0 Å². The van der Waals surface area contributed by atoms with Crippen LogP contribution in [-0.2, 0) is 18.3 Å². The first-order valence-electron chi connectivity index (χ1n) is 8.26. The van der Waals surface area contributed by atoms with Crippen LogP contribution >= 0.6 is 11.8 Å². The van der Waals surface area contributed by atoms with Crippen LogP contribution in [-0.4, -0.2) is 45.6 Å². The van der Waals surface area contributed by atoms with Crippen LogP contribution in [0.3, 0.4) is 0 Å². The number of carbonyl (C=O) groups excluding carboxylic acids is 1. The molecule has 7 heteroatoms. The van der Waals surface area contributed by atoms with Gasteiger partial charge in [0, 0.05) is 32.4 Å². The number of rotatable bonds is 6. The summed E-state index contributed by atoms with van der Waals surface area (Å²) in [6.45, 7) is 4.43. The second-order valence-corrected chi connectivity index (χ2v) is 7.30. The lowest BCUT2D eigenvalue weighted by atomic mass is 10.0. The number of aromatic nitrogens is 3. The molecule has 1 aliphatic heterocycles. The Labute approximate surface area is 146 Å². The molecule has 1 N–H and O–H groups in total. The van der Waals surface area contributed by atoms with Crippen LogP contribution in [0.4, 0.5) is 5.69 Å². The van der Waals surface area contributed by atoms with Crippen molar-refractivity contribution in [2.45, 2.75) is 30.2 Å². The minimum atomic E-state index is -0.193. The highest BCUT2D eigenvalue weighted by molar-refractivity contribution is 8.00. The van der Waals surface area contributed by atoms with Gasteiger partial charge in [0.05, 0.1) is 5.25 Å². The Morgan fingerprint density at radius 2 is 2.25 bits per heavy atom. The molecule has 0 fully saturated rings. The Morgan fingerprint density at radius 3 is 3.04 bits per heavy atom. The van der Waals surface area contributed by atoms with Crippen LogP contribution in [0.5, 0.6) is 0 Å². The van der Waals surface area contributed by atoms with Crippen molar-refractivity contribution >= 4 is 23.4 Å². The molecule has 0 spiro atoms. The van der Waals surface area contributed by atoms with Crippen molar-refractivity contribution in [3.8, 4) is 0 Å². The summed E-state index contributed by atoms with van der Waals surface area (Å²) < 4.78 is 1.82. The van der Waals surface area contributed by atoms with E-state index in [4.69, 9.17) is 0 Å². The van der Waals surface area contributed by atoms with Crippen molar-refractivity contribution in [2.24, 2.45) is 7.05 Å². The minimum absolute atomic E-state index is 0.0355. The molecule has 1 aliphatic rings. The molecule has 1 aromatic heterocycles. The monoisotopic (exact) mass is 345 g/mol. The Balaban J connectivity index is 1.48. The summed E-state index contributed by atoms with van der Waals surface area (Å²) in [5.41, 5.74) is 2.71. The average Bonchev–Trinajstić information content (AvgIpc) is 3.00. The molecule has 0 bridgehead atoms. The number of anilines is 1. The number of carbonyl (C=O) groups is 1. The number of amides is 1. The van der Waals surface area contributed by atoms with E-state index < -0.39 is 0 Å². The van der Waals surface area contributed by atoms with Crippen LogP contribution in [0, 0.1) is 0 Å². The van der Waals surface area contributed by atoms with Crippen LogP contribution in [0.2, 0.25) is 0 Å². The van der Waals surface area contributed by atoms with Gasteiger partial charge in [0.1, 0.15) is 6.33 Å². The average molecular weight is 345 g/mol. The fourth-order valence-corrected chi connectivity index (χ4v) is 3.71. The van der Waals surface area contributed by atoms with Crippen LogP contribution < -0.4 is 10.2 Å². The maximum Gasteiger partial charge on any atom is 0.233 e. The first kappa shape index (κ1) is 16.8. The summed E-state index contributed by atoms with van der Waals surface area (Å²) in [7, 11) is 1.88. The Bertz CT molecular complexity index is 702. The van der Waals surface area contributed by atoms with E-state index >= 15 is 0 Å². The second kappa shape index (κ2) is 7.70. The maximum absolute atomic E-state index is 12.3. The van der Waals surface area contributed by atoms with E-state index in [1.54, 1.807) is 6.33 Å². The van der Waals surface area contributed by atoms with E-state index in [1.165, 1.54) is 29.4 Å². The lowest BCUT2D eigenvalue weighted by Gasteiger charge is -2.31. The first-order valence-corrected chi connectivity index (χ1v) is 9.14. The predicted octanol–water partition coefficient (Wildman–Crippen LogP) is 1.86. The Kier molecular flexibility index (Phi) is 5.40. The molecule has 0 radical (unpaired) electrons. The van der Waals surface area contributed by atoms with Gasteiger partial charge in [0.15, 0.2) is 5.16 Å². The van der Waals surface area contributed by atoms with Gasteiger partial charge in [-0.1, -0.05) is 30.0 Å². The summed E-state index contributed by atoms with van der Waals surface area (Å²) in [6, 6.07) is 8.54. The van der Waals surface area contributed by atoms with E-state index in [2.05, 4.69) is 44.7 Å². The molecular weight excluding hydrogens is 322 g/mol. The summed E-state index contributed by atoms with van der Waals surface area (Å²) in [4.78, 5) is 14.6. The molecule has 6 nitrogen and oxygen atoms in total. The molecule has 1 atom stereocenters. The van der Waals surface area contributed by atoms with Crippen molar-refractivity contribution in [1.82, 2.24) is 20.1 Å². The summed E-state index contributed by atoms with van der Waals surface area (Å²) in [5, 5.41) is 11.4. The zero-order chi connectivity index (χ0) is 16.9. The highest BCUT2D eigenvalue weighted by Crippen LogP contribution is 2.26. The third-order valence-electron chi connectivity index (χ3n) is 4.21. The highest BCUT2D eigenvalue weighted by Gasteiger charge is 2.18. The normalized spacial score (nSPS) is 15.0. The number of nitrogens with one attached hydrogen (secondary N) is 1. The highest BCUT2D eigenvalue weighted by atomic mass is 32.2. The van der Waals surface area contributed by atoms with E-state index in [9.17, 15) is 4.79 Å². The smallest absolute Gasteiger partial charge is 0.233 e. The molecule has 0 aliphatic carbocycles. The summed E-state index contributed by atoms with van der Waals surface area (Å²) in [5.74, 6) is 0.0355. The van der Waals surface area contributed by atoms with Gasteiger partial charge in [-0.25, -0.2) is 0 Å². The molecule has 1 amide bonds. The maximum atomic E-state index is 12.3. The van der Waals surface area contributed by atoms with Crippen LogP contribution in [0.15, 0.2) is 35.7 Å². The van der Waals surface area contributed by atoms with Crippen molar-refractivity contribution < 1.29 is 4.79 Å². The molecule has 128 valence electrons. The summed E-state index contributed by atoms with van der Waals surface area (Å²) in [6.07, 6.45) is 3.95. The lowest BCUT2D eigenvalue weighted by molar-refractivity contribution is -0.120. The van der Waals surface area contributed by atoms with Crippen molar-refractivity contribution in [3.63, 3.8) is 0 Å². The fraction of sp³-hybridized carbons (Fsp3) is 0.471. The lowest BCUT2D eigenvalue weighted by Crippen LogP contribution is -2.39. The van der Waals surface area contributed by atoms with Crippen molar-refractivity contribution in [3.05, 3.63) is 36.2 Å². The quantitative estimate of drug-likeness (QED) is 0.810. The molecule has 1 aromatic carbocycles. The molecule has 0 saturated carbocycles. The number of aryl methyl sites for hydroxylation is 2. The number of fused-ring (bicyclic) bond motifs is 1. The zero-order valence-corrected chi connectivity index (χ0v) is 14.9. The van der Waals surface area contributed by atoms with Gasteiger partial charge in [-0.3, -0.25) is 4.79 Å². The number of hydrogen-bond acceptors (Lipinski definition) is 5. The number of benzene rings is 1. The second-order valence-electron chi connectivity index (χ2n) is 5.99. The van der Waals surface area contributed by atoms with E-state index in [0.29, 0.717) is 6.54 Å². The van der Waals surface area contributed by atoms with Crippen molar-refractivity contribution in [1.29, 1.82) is 0 Å². The number of nitrogens with zero attached hydrogens (tertiary/aromatic N) is 4. The number of para-hydroxylation sites is 1. The van der Waals surface area contributed by atoms with Crippen molar-refractivity contribution in [2.75, 3.05) is 24.5 Å². The van der Waals surface area contributed by atoms with Gasteiger partial charge in [-0.2, -0.15) is 0 Å². The van der Waals surface area contributed by atoms with Crippen LogP contribution in [0.1, 0.15) is 18.9 Å². The molecule has 2 aromatic rings. The van der Waals surface area contributed by atoms with Gasteiger partial charge < -0.3 is 14.8 Å². The van der Waals surface area contributed by atoms with Gasteiger partial charge >= 0.3 is 0 Å². The largest absolute Gasteiger partial charge is 0.370 e. The van der Waals surface area contributed by atoms with Gasteiger partial charge in [-0.05, 0) is 31.4 Å². The SMILES string of the molecule is CC(Sc1nncn1C)C(=O)NCCN1CCCc2ccccc21.